The molecule has 0 aliphatic carbocycles. The van der Waals surface area contributed by atoms with Crippen molar-refractivity contribution in [1.29, 1.82) is 0 Å². The van der Waals surface area contributed by atoms with Gasteiger partial charge < -0.3 is 5.11 Å². The Hall–Kier alpha value is -1.42. The minimum Gasteiger partial charge on any atom is -0.478 e. The van der Waals surface area contributed by atoms with E-state index in [0.717, 1.165) is 0 Å². The van der Waals surface area contributed by atoms with Gasteiger partial charge >= 0.3 is 5.97 Å². The molecule has 2 aromatic carbocycles. The maximum atomic E-state index is 13.7. The molecular weight excluding hydrogens is 263 g/mol. The molecule has 76 valence electrons. The van der Waals surface area contributed by atoms with Crippen LogP contribution >= 0.6 is 15.9 Å². The van der Waals surface area contributed by atoms with E-state index in [1.54, 1.807) is 24.3 Å². The Kier molecular flexibility index (Phi) is 2.44. The maximum absolute atomic E-state index is 13.7. The molecule has 4 heteroatoms. The summed E-state index contributed by atoms with van der Waals surface area (Å²) in [6, 6.07) is 8.01. The zero-order valence-electron chi connectivity index (χ0n) is 7.50. The minimum absolute atomic E-state index is 0.310. The van der Waals surface area contributed by atoms with Crippen LogP contribution in [0.15, 0.2) is 34.8 Å². The zero-order valence-corrected chi connectivity index (χ0v) is 9.08. The van der Waals surface area contributed by atoms with Crippen LogP contribution in [0.25, 0.3) is 10.8 Å². The highest BCUT2D eigenvalue weighted by atomic mass is 79.9. The van der Waals surface area contributed by atoms with Crippen molar-refractivity contribution in [3.63, 3.8) is 0 Å². The largest absolute Gasteiger partial charge is 0.478 e. The summed E-state index contributed by atoms with van der Waals surface area (Å²) in [4.78, 5) is 10.8. The van der Waals surface area contributed by atoms with Crippen LogP contribution in [-0.2, 0) is 0 Å². The molecule has 0 unspecified atom stereocenters. The van der Waals surface area contributed by atoms with Crippen LogP contribution in [-0.4, -0.2) is 11.1 Å². The third-order valence-corrected chi connectivity index (χ3v) is 2.81. The van der Waals surface area contributed by atoms with Gasteiger partial charge in [-0.25, -0.2) is 9.18 Å². The Balaban J connectivity index is 2.90. The van der Waals surface area contributed by atoms with E-state index in [4.69, 9.17) is 5.11 Å². The lowest BCUT2D eigenvalue weighted by molar-refractivity contribution is 0.0692. The number of rotatable bonds is 1. The van der Waals surface area contributed by atoms with Crippen LogP contribution < -0.4 is 0 Å². The zero-order chi connectivity index (χ0) is 11.0. The third kappa shape index (κ3) is 1.61. The summed E-state index contributed by atoms with van der Waals surface area (Å²) in [6.45, 7) is 0. The van der Waals surface area contributed by atoms with Crippen LogP contribution in [0, 0.1) is 5.82 Å². The fourth-order valence-electron chi connectivity index (χ4n) is 1.45. The van der Waals surface area contributed by atoms with Gasteiger partial charge in [-0.1, -0.05) is 40.2 Å². The minimum atomic E-state index is -1.26. The van der Waals surface area contributed by atoms with Crippen LogP contribution in [0.1, 0.15) is 10.4 Å². The second-order valence-corrected chi connectivity index (χ2v) is 3.93. The fourth-order valence-corrected chi connectivity index (χ4v) is 2.03. The van der Waals surface area contributed by atoms with Crippen LogP contribution in [0.5, 0.6) is 0 Å². The number of hydrogen-bond acceptors (Lipinski definition) is 1. The lowest BCUT2D eigenvalue weighted by atomic mass is 10.1. The Morgan fingerprint density at radius 3 is 2.47 bits per heavy atom. The predicted molar refractivity (Wildman–Crippen MR) is 58.6 cm³/mol. The summed E-state index contributed by atoms with van der Waals surface area (Å²) in [5.41, 5.74) is -0.319. The van der Waals surface area contributed by atoms with Crippen molar-refractivity contribution in [2.24, 2.45) is 0 Å². The van der Waals surface area contributed by atoms with Gasteiger partial charge in [0.2, 0.25) is 0 Å². The molecule has 0 bridgehead atoms. The molecule has 0 heterocycles. The van der Waals surface area contributed by atoms with E-state index in [1.165, 1.54) is 6.07 Å². The van der Waals surface area contributed by atoms with Crippen LogP contribution in [0.3, 0.4) is 0 Å². The van der Waals surface area contributed by atoms with Gasteiger partial charge in [-0.05, 0) is 11.5 Å². The monoisotopic (exact) mass is 268 g/mol. The smallest absolute Gasteiger partial charge is 0.338 e. The van der Waals surface area contributed by atoms with Crippen molar-refractivity contribution in [3.05, 3.63) is 46.2 Å². The summed E-state index contributed by atoms with van der Waals surface area (Å²) in [5, 5.41) is 9.76. The Morgan fingerprint density at radius 2 is 1.87 bits per heavy atom. The number of benzene rings is 2. The van der Waals surface area contributed by atoms with Gasteiger partial charge in [0.05, 0.1) is 5.56 Å². The highest BCUT2D eigenvalue weighted by Gasteiger charge is 2.15. The molecule has 0 aromatic heterocycles. The van der Waals surface area contributed by atoms with Gasteiger partial charge in [0, 0.05) is 9.86 Å². The van der Waals surface area contributed by atoms with Crippen LogP contribution in [0.4, 0.5) is 4.39 Å². The number of aromatic carboxylic acids is 1. The van der Waals surface area contributed by atoms with Crippen molar-refractivity contribution in [1.82, 2.24) is 0 Å². The first-order chi connectivity index (χ1) is 7.11. The fraction of sp³-hybridized carbons (Fsp3) is 0. The molecule has 2 aromatic rings. The van der Waals surface area contributed by atoms with Crippen molar-refractivity contribution >= 4 is 32.7 Å². The second kappa shape index (κ2) is 3.62. The molecular formula is C11H6BrFO2. The summed E-state index contributed by atoms with van der Waals surface area (Å²) in [5.74, 6) is -1.96. The maximum Gasteiger partial charge on any atom is 0.338 e. The third-order valence-electron chi connectivity index (χ3n) is 2.16. The molecule has 0 spiro atoms. The number of carbonyl (C=O) groups is 1. The van der Waals surface area contributed by atoms with E-state index >= 15 is 0 Å². The summed E-state index contributed by atoms with van der Waals surface area (Å²) >= 11 is 3.22. The molecule has 0 fully saturated rings. The molecule has 0 amide bonds. The number of halogens is 2. The first kappa shape index (κ1) is 10.1. The van der Waals surface area contributed by atoms with Crippen molar-refractivity contribution in [3.8, 4) is 0 Å². The SMILES string of the molecule is O=C(O)c1cc(Br)c2ccccc2c1F. The molecule has 2 nitrogen and oxygen atoms in total. The lowest BCUT2D eigenvalue weighted by Crippen LogP contribution is -2.01. The van der Waals surface area contributed by atoms with E-state index in [-0.39, 0.29) is 5.56 Å². The molecule has 0 atom stereocenters. The van der Waals surface area contributed by atoms with Gasteiger partial charge in [-0.3, -0.25) is 0 Å². The summed E-state index contributed by atoms with van der Waals surface area (Å²) in [6.07, 6.45) is 0. The average Bonchev–Trinajstić information content (AvgIpc) is 2.23. The number of carboxylic acids is 1. The van der Waals surface area contributed by atoms with E-state index in [0.29, 0.717) is 15.2 Å². The molecule has 0 saturated carbocycles. The summed E-state index contributed by atoms with van der Waals surface area (Å²) < 4.78 is 14.3. The van der Waals surface area contributed by atoms with E-state index in [9.17, 15) is 9.18 Å². The highest BCUT2D eigenvalue weighted by Crippen LogP contribution is 2.28. The molecule has 0 aliphatic heterocycles. The molecule has 0 aliphatic rings. The van der Waals surface area contributed by atoms with Gasteiger partial charge in [0.25, 0.3) is 0 Å². The highest BCUT2D eigenvalue weighted by molar-refractivity contribution is 9.10. The Morgan fingerprint density at radius 1 is 1.27 bits per heavy atom. The Labute approximate surface area is 93.5 Å². The van der Waals surface area contributed by atoms with Gasteiger partial charge in [0.15, 0.2) is 0 Å². The van der Waals surface area contributed by atoms with Crippen molar-refractivity contribution < 1.29 is 14.3 Å². The van der Waals surface area contributed by atoms with Gasteiger partial charge in [0.1, 0.15) is 5.82 Å². The van der Waals surface area contributed by atoms with Gasteiger partial charge in [-0.2, -0.15) is 0 Å². The van der Waals surface area contributed by atoms with E-state index in [2.05, 4.69) is 15.9 Å². The lowest BCUT2D eigenvalue weighted by Gasteiger charge is -2.05. The second-order valence-electron chi connectivity index (χ2n) is 3.07. The average molecular weight is 269 g/mol. The number of fused-ring (bicyclic) bond motifs is 1. The molecule has 0 radical (unpaired) electrons. The first-order valence-corrected chi connectivity index (χ1v) is 5.00. The van der Waals surface area contributed by atoms with Gasteiger partial charge in [-0.15, -0.1) is 0 Å². The first-order valence-electron chi connectivity index (χ1n) is 4.21. The molecule has 2 rings (SSSR count). The topological polar surface area (TPSA) is 37.3 Å². The normalized spacial score (nSPS) is 10.5. The Bertz CT molecular complexity index is 552. The van der Waals surface area contributed by atoms with Crippen molar-refractivity contribution in [2.75, 3.05) is 0 Å². The number of hydrogen-bond donors (Lipinski definition) is 1. The predicted octanol–water partition coefficient (Wildman–Crippen LogP) is 3.44. The summed E-state index contributed by atoms with van der Waals surface area (Å²) in [7, 11) is 0. The molecule has 15 heavy (non-hydrogen) atoms. The standard InChI is InChI=1S/C11H6BrFO2/c12-9-5-8(11(14)15)10(13)7-4-2-1-3-6(7)9/h1-5H,(H,14,15). The van der Waals surface area contributed by atoms with E-state index < -0.39 is 11.8 Å². The van der Waals surface area contributed by atoms with E-state index in [1.807, 2.05) is 0 Å². The van der Waals surface area contributed by atoms with Crippen molar-refractivity contribution in [2.45, 2.75) is 0 Å². The molecule has 0 saturated heterocycles. The molecule has 1 N–H and O–H groups in total. The quantitative estimate of drug-likeness (QED) is 0.861. The van der Waals surface area contributed by atoms with Crippen LogP contribution in [0.2, 0.25) is 0 Å². The number of carboxylic acid groups (broad SMARTS) is 1.